The van der Waals surface area contributed by atoms with Gasteiger partial charge < -0.3 is 30.3 Å². The molecule has 2 aromatic rings. The zero-order valence-corrected chi connectivity index (χ0v) is 15.0. The number of ether oxygens (including phenoxy) is 1. The highest BCUT2D eigenvalue weighted by molar-refractivity contribution is 6.30. The molecule has 4 N–H and O–H groups in total. The van der Waals surface area contributed by atoms with Gasteiger partial charge in [-0.05, 0) is 24.3 Å². The first-order valence-electron chi connectivity index (χ1n) is 8.28. The summed E-state index contributed by atoms with van der Waals surface area (Å²) in [6.45, 7) is 1.87. The van der Waals surface area contributed by atoms with E-state index < -0.39 is 6.10 Å². The highest BCUT2D eigenvalue weighted by Gasteiger charge is 2.30. The van der Waals surface area contributed by atoms with Gasteiger partial charge in [0.1, 0.15) is 5.56 Å². The molecule has 1 amide bonds. The molecule has 1 fully saturated rings. The van der Waals surface area contributed by atoms with Gasteiger partial charge in [-0.15, -0.1) is 0 Å². The normalized spacial score (nSPS) is 19.5. The van der Waals surface area contributed by atoms with Crippen molar-refractivity contribution < 1.29 is 19.2 Å². The molecule has 1 aromatic heterocycles. The van der Waals surface area contributed by atoms with Crippen molar-refractivity contribution in [3.63, 3.8) is 0 Å². The number of anilines is 1. The van der Waals surface area contributed by atoms with E-state index in [2.05, 4.69) is 21.1 Å². The van der Waals surface area contributed by atoms with Gasteiger partial charge in [-0.2, -0.15) is 0 Å². The maximum absolute atomic E-state index is 12.9. The molecule has 2 heterocycles. The van der Waals surface area contributed by atoms with Crippen LogP contribution in [0, 0.1) is 0 Å². The van der Waals surface area contributed by atoms with Crippen LogP contribution < -0.4 is 16.0 Å². The zero-order chi connectivity index (χ0) is 18.5. The quantitative estimate of drug-likeness (QED) is 0.533. The van der Waals surface area contributed by atoms with Crippen LogP contribution in [-0.2, 0) is 4.74 Å². The fourth-order valence-corrected chi connectivity index (χ4v) is 2.87. The summed E-state index contributed by atoms with van der Waals surface area (Å²) < 4.78 is 10.4. The molecule has 1 aromatic carbocycles. The summed E-state index contributed by atoms with van der Waals surface area (Å²) in [7, 11) is 1.59. The molecule has 140 valence electrons. The van der Waals surface area contributed by atoms with E-state index in [0.717, 1.165) is 0 Å². The third-order valence-corrected chi connectivity index (χ3v) is 4.37. The molecule has 1 aliphatic heterocycles. The minimum atomic E-state index is -0.636. The molecule has 9 heteroatoms. The van der Waals surface area contributed by atoms with Gasteiger partial charge >= 0.3 is 0 Å². The number of nitrogens with one attached hydrogen (secondary N) is 3. The topological polar surface area (TPSA) is 109 Å². The van der Waals surface area contributed by atoms with Gasteiger partial charge in [-0.25, -0.2) is 0 Å². The molecule has 1 aliphatic rings. The number of nitrogens with zero attached hydrogens (tertiary/aromatic N) is 1. The van der Waals surface area contributed by atoms with Crippen molar-refractivity contribution >= 4 is 23.3 Å². The number of hydrogen-bond donors (Lipinski definition) is 4. The Morgan fingerprint density at radius 3 is 2.85 bits per heavy atom. The second-order valence-corrected chi connectivity index (χ2v) is 6.40. The zero-order valence-electron chi connectivity index (χ0n) is 14.3. The van der Waals surface area contributed by atoms with Gasteiger partial charge in [-0.1, -0.05) is 16.8 Å². The van der Waals surface area contributed by atoms with Crippen LogP contribution in [0.25, 0.3) is 11.3 Å². The number of aliphatic hydroxyl groups is 1. The van der Waals surface area contributed by atoms with E-state index in [1.807, 2.05) is 0 Å². The Bertz CT molecular complexity index is 750. The van der Waals surface area contributed by atoms with Crippen molar-refractivity contribution in [1.29, 1.82) is 0 Å². The summed E-state index contributed by atoms with van der Waals surface area (Å²) in [5, 5.41) is 23.4. The van der Waals surface area contributed by atoms with Crippen LogP contribution in [-0.4, -0.2) is 61.7 Å². The summed E-state index contributed by atoms with van der Waals surface area (Å²) in [4.78, 5) is 12.9. The van der Waals surface area contributed by atoms with Crippen LogP contribution in [0.15, 0.2) is 28.8 Å². The monoisotopic (exact) mass is 380 g/mol. The van der Waals surface area contributed by atoms with E-state index in [-0.39, 0.29) is 17.5 Å². The minimum Gasteiger partial charge on any atom is -0.390 e. The molecule has 0 saturated carbocycles. The van der Waals surface area contributed by atoms with Crippen LogP contribution in [0.4, 0.5) is 5.82 Å². The first-order valence-corrected chi connectivity index (χ1v) is 8.66. The lowest BCUT2D eigenvalue weighted by Crippen LogP contribution is -2.43. The van der Waals surface area contributed by atoms with Gasteiger partial charge in [-0.3, -0.25) is 4.79 Å². The third kappa shape index (κ3) is 4.16. The Morgan fingerprint density at radius 2 is 2.19 bits per heavy atom. The molecule has 0 radical (unpaired) electrons. The van der Waals surface area contributed by atoms with Crippen LogP contribution in [0.1, 0.15) is 10.4 Å². The van der Waals surface area contributed by atoms with Crippen molar-refractivity contribution in [3.05, 3.63) is 34.9 Å². The van der Waals surface area contributed by atoms with Crippen molar-refractivity contribution in [2.45, 2.75) is 12.1 Å². The van der Waals surface area contributed by atoms with Crippen molar-refractivity contribution in [1.82, 2.24) is 15.8 Å². The number of β-amino-alcohol motifs (C(OH)–C–C–N with tert-alkyl or cyclic N) is 1. The summed E-state index contributed by atoms with van der Waals surface area (Å²) >= 11 is 5.93. The largest absolute Gasteiger partial charge is 0.390 e. The first kappa shape index (κ1) is 18.7. The van der Waals surface area contributed by atoms with E-state index in [9.17, 15) is 9.90 Å². The van der Waals surface area contributed by atoms with Gasteiger partial charge in [0.05, 0.1) is 18.8 Å². The number of methoxy groups -OCH3 is 1. The molecule has 0 bridgehead atoms. The summed E-state index contributed by atoms with van der Waals surface area (Å²) in [5.74, 6) is 0.286. The fourth-order valence-electron chi connectivity index (χ4n) is 2.74. The Kier molecular flexibility index (Phi) is 6.10. The second-order valence-electron chi connectivity index (χ2n) is 5.97. The molecular weight excluding hydrogens is 360 g/mol. The van der Waals surface area contributed by atoms with Crippen LogP contribution in [0.2, 0.25) is 5.02 Å². The number of carbonyl (C=O) groups is 1. The second kappa shape index (κ2) is 8.50. The van der Waals surface area contributed by atoms with Crippen molar-refractivity contribution in [3.8, 4) is 11.3 Å². The van der Waals surface area contributed by atoms with Crippen LogP contribution in [0.3, 0.4) is 0 Å². The molecule has 8 nitrogen and oxygen atoms in total. The molecule has 1 saturated heterocycles. The van der Waals surface area contributed by atoms with E-state index in [4.69, 9.17) is 20.9 Å². The maximum Gasteiger partial charge on any atom is 0.259 e. The molecule has 2 atom stereocenters. The molecule has 3 rings (SSSR count). The van der Waals surface area contributed by atoms with E-state index in [1.54, 1.807) is 31.4 Å². The average molecular weight is 381 g/mol. The smallest absolute Gasteiger partial charge is 0.259 e. The minimum absolute atomic E-state index is 0.280. The predicted molar refractivity (Wildman–Crippen MR) is 97.4 cm³/mol. The Hall–Kier alpha value is -2.13. The predicted octanol–water partition coefficient (Wildman–Crippen LogP) is 1.12. The number of aromatic nitrogens is 1. The Balaban J connectivity index is 1.89. The molecular formula is C17H21ClN4O4. The maximum atomic E-state index is 12.9. The molecule has 26 heavy (non-hydrogen) atoms. The standard InChI is InChI=1S/C17H21ClN4O4/c1-25-7-6-20-16-14(17(24)21-12-8-19-9-13(12)23)15(26-22-16)10-2-4-11(18)5-3-10/h2-5,12-13,19,23H,6-9H2,1H3,(H,20,22)(H,21,24)/t12-,13-/m1/s1. The van der Waals surface area contributed by atoms with Gasteiger partial charge in [0.2, 0.25) is 0 Å². The first-order chi connectivity index (χ1) is 12.6. The van der Waals surface area contributed by atoms with E-state index in [1.165, 1.54) is 0 Å². The van der Waals surface area contributed by atoms with Gasteiger partial charge in [0.25, 0.3) is 5.91 Å². The van der Waals surface area contributed by atoms with Crippen LogP contribution >= 0.6 is 11.6 Å². The van der Waals surface area contributed by atoms with Crippen molar-refractivity contribution in [2.75, 3.05) is 38.7 Å². The Morgan fingerprint density at radius 1 is 1.42 bits per heavy atom. The third-order valence-electron chi connectivity index (χ3n) is 4.12. The molecule has 0 spiro atoms. The molecule has 0 unspecified atom stereocenters. The number of aliphatic hydroxyl groups excluding tert-OH is 1. The lowest BCUT2D eigenvalue weighted by atomic mass is 10.1. The lowest BCUT2D eigenvalue weighted by molar-refractivity contribution is 0.0889. The van der Waals surface area contributed by atoms with E-state index in [0.29, 0.717) is 48.4 Å². The van der Waals surface area contributed by atoms with Crippen molar-refractivity contribution in [2.24, 2.45) is 0 Å². The van der Waals surface area contributed by atoms with Gasteiger partial charge in [0.15, 0.2) is 11.6 Å². The van der Waals surface area contributed by atoms with E-state index >= 15 is 0 Å². The summed E-state index contributed by atoms with van der Waals surface area (Å²) in [6.07, 6.45) is -0.636. The number of benzene rings is 1. The van der Waals surface area contributed by atoms with Crippen LogP contribution in [0.5, 0.6) is 0 Å². The average Bonchev–Trinajstić information content (AvgIpc) is 3.22. The highest BCUT2D eigenvalue weighted by atomic mass is 35.5. The number of halogens is 1. The number of rotatable bonds is 7. The fraction of sp³-hybridized carbons (Fsp3) is 0.412. The number of amides is 1. The summed E-state index contributed by atoms with van der Waals surface area (Å²) in [5.41, 5.74) is 0.958. The lowest BCUT2D eigenvalue weighted by Gasteiger charge is -2.15. The van der Waals surface area contributed by atoms with Gasteiger partial charge in [0, 0.05) is 37.3 Å². The Labute approximate surface area is 155 Å². The highest BCUT2D eigenvalue weighted by Crippen LogP contribution is 2.30. The molecule has 0 aliphatic carbocycles. The summed E-state index contributed by atoms with van der Waals surface area (Å²) in [6, 6.07) is 6.56. The number of carbonyl (C=O) groups excluding carboxylic acids is 1. The number of hydrogen-bond acceptors (Lipinski definition) is 7. The SMILES string of the molecule is COCCNc1noc(-c2ccc(Cl)cc2)c1C(=O)N[C@@H]1CNC[C@H]1O.